The van der Waals surface area contributed by atoms with E-state index >= 15 is 0 Å². The Morgan fingerprint density at radius 3 is 1.68 bits per heavy atom. The van der Waals surface area contributed by atoms with E-state index < -0.39 is 47.7 Å². The lowest BCUT2D eigenvalue weighted by Crippen LogP contribution is -2.53. The van der Waals surface area contributed by atoms with Crippen LogP contribution in [0.1, 0.15) is 58.1 Å². The van der Waals surface area contributed by atoms with Crippen LogP contribution in [-0.2, 0) is 22.3 Å². The number of aliphatic hydroxyl groups excluding tert-OH is 2. The second kappa shape index (κ2) is 14.5. The minimum Gasteiger partial charge on any atom is -0.444 e. The molecule has 5 N–H and O–H groups in total. The molecule has 0 saturated heterocycles. The fraction of sp³-hybridized carbons (Fsp3) is 0.548. The number of alkyl carbamates (subject to hydrolysis) is 2. The zero-order chi connectivity index (χ0) is 29.2. The van der Waals surface area contributed by atoms with Crippen LogP contribution in [0.3, 0.4) is 0 Å². The summed E-state index contributed by atoms with van der Waals surface area (Å²) in [5.41, 5.74) is 0.788. The number of carbonyl (C=O) groups is 2. The summed E-state index contributed by atoms with van der Waals surface area (Å²) in [4.78, 5) is 25.1. The van der Waals surface area contributed by atoms with E-state index in [1.807, 2.05) is 67.6 Å². The van der Waals surface area contributed by atoms with Gasteiger partial charge < -0.3 is 35.6 Å². The summed E-state index contributed by atoms with van der Waals surface area (Å²) in [6, 6.07) is 17.9. The van der Waals surface area contributed by atoms with Crippen LogP contribution in [0.25, 0.3) is 0 Å². The largest absolute Gasteiger partial charge is 0.444 e. The first-order valence-electron chi connectivity index (χ1n) is 14.1. The second-order valence-corrected chi connectivity index (χ2v) is 11.9. The molecule has 0 aliphatic heterocycles. The highest BCUT2D eigenvalue weighted by molar-refractivity contribution is 5.68. The van der Waals surface area contributed by atoms with E-state index in [0.717, 1.165) is 30.4 Å². The van der Waals surface area contributed by atoms with Gasteiger partial charge in [0, 0.05) is 13.1 Å². The number of amides is 2. The van der Waals surface area contributed by atoms with Gasteiger partial charge in [-0.25, -0.2) is 9.59 Å². The average Bonchev–Trinajstić information content (AvgIpc) is 2.87. The van der Waals surface area contributed by atoms with E-state index in [-0.39, 0.29) is 13.1 Å². The fourth-order valence-electron chi connectivity index (χ4n) is 4.61. The van der Waals surface area contributed by atoms with Gasteiger partial charge in [0.05, 0.1) is 24.3 Å². The van der Waals surface area contributed by atoms with E-state index in [4.69, 9.17) is 9.47 Å². The summed E-state index contributed by atoms with van der Waals surface area (Å²) < 4.78 is 11.0. The molecule has 1 saturated carbocycles. The third-order valence-corrected chi connectivity index (χ3v) is 6.99. The van der Waals surface area contributed by atoms with Crippen LogP contribution in [0.4, 0.5) is 9.59 Å². The van der Waals surface area contributed by atoms with E-state index in [2.05, 4.69) is 16.0 Å². The Balaban J connectivity index is 1.59. The van der Waals surface area contributed by atoms with Crippen molar-refractivity contribution in [2.45, 2.75) is 95.3 Å². The third-order valence-electron chi connectivity index (χ3n) is 6.99. The van der Waals surface area contributed by atoms with E-state index in [0.29, 0.717) is 12.8 Å². The predicted molar refractivity (Wildman–Crippen MR) is 154 cm³/mol. The minimum absolute atomic E-state index is 0.102. The maximum absolute atomic E-state index is 12.6. The molecule has 0 heterocycles. The number of carbonyl (C=O) groups excluding carboxylic acids is 2. The van der Waals surface area contributed by atoms with Crippen LogP contribution in [0.5, 0.6) is 0 Å². The Labute approximate surface area is 237 Å². The van der Waals surface area contributed by atoms with Gasteiger partial charge in [0.15, 0.2) is 0 Å². The number of benzene rings is 2. The van der Waals surface area contributed by atoms with Gasteiger partial charge in [-0.05, 0) is 70.9 Å². The van der Waals surface area contributed by atoms with Gasteiger partial charge in [-0.2, -0.15) is 0 Å². The fourth-order valence-corrected chi connectivity index (χ4v) is 4.61. The van der Waals surface area contributed by atoms with Crippen molar-refractivity contribution in [3.63, 3.8) is 0 Å². The summed E-state index contributed by atoms with van der Waals surface area (Å²) in [5, 5.41) is 30.8. The van der Waals surface area contributed by atoms with Crippen LogP contribution >= 0.6 is 0 Å². The van der Waals surface area contributed by atoms with Crippen LogP contribution in [-0.4, -0.2) is 71.0 Å². The molecule has 1 aliphatic rings. The van der Waals surface area contributed by atoms with Gasteiger partial charge in [0.2, 0.25) is 0 Å². The first kappa shape index (κ1) is 31.4. The summed E-state index contributed by atoms with van der Waals surface area (Å²) in [7, 11) is 0. The van der Waals surface area contributed by atoms with Gasteiger partial charge in [-0.3, -0.25) is 0 Å². The highest BCUT2D eigenvalue weighted by atomic mass is 16.6. The molecule has 1 fully saturated rings. The SMILES string of the molecule is CC(C)(C)OC(=O)N[C@@H](Cc1ccccc1)[C@H](O)CNC[C@@H](O)[C@H](Cc1ccccc1)NC(=O)OC1(C)CCC1. The smallest absolute Gasteiger partial charge is 0.407 e. The van der Waals surface area contributed by atoms with Crippen molar-refractivity contribution in [1.29, 1.82) is 0 Å². The first-order chi connectivity index (χ1) is 18.9. The minimum atomic E-state index is -0.969. The van der Waals surface area contributed by atoms with E-state index in [9.17, 15) is 19.8 Å². The monoisotopic (exact) mass is 555 g/mol. The van der Waals surface area contributed by atoms with Crippen molar-refractivity contribution in [2.24, 2.45) is 0 Å². The van der Waals surface area contributed by atoms with E-state index in [1.165, 1.54) is 0 Å². The van der Waals surface area contributed by atoms with Crippen molar-refractivity contribution in [3.8, 4) is 0 Å². The molecule has 220 valence electrons. The Bertz CT molecular complexity index is 1060. The Hall–Kier alpha value is -3.14. The number of hydrogen-bond acceptors (Lipinski definition) is 7. The quantitative estimate of drug-likeness (QED) is 0.255. The molecule has 0 aromatic heterocycles. The second-order valence-electron chi connectivity index (χ2n) is 11.9. The molecule has 1 aliphatic carbocycles. The van der Waals surface area contributed by atoms with E-state index in [1.54, 1.807) is 20.8 Å². The lowest BCUT2D eigenvalue weighted by molar-refractivity contribution is -0.0355. The molecule has 0 bridgehead atoms. The van der Waals surface area contributed by atoms with Crippen molar-refractivity contribution in [3.05, 3.63) is 71.8 Å². The van der Waals surface area contributed by atoms with Crippen molar-refractivity contribution in [1.82, 2.24) is 16.0 Å². The van der Waals surface area contributed by atoms with Crippen LogP contribution in [0, 0.1) is 0 Å². The highest BCUT2D eigenvalue weighted by Crippen LogP contribution is 2.34. The van der Waals surface area contributed by atoms with Crippen molar-refractivity contribution < 1.29 is 29.3 Å². The standard InChI is InChI=1S/C31H45N3O6/c1-30(2,3)39-28(37)33-24(18-22-12-7-5-8-13-22)26(35)20-32-21-27(36)25(19-23-14-9-6-10-15-23)34-29(38)40-31(4)16-11-17-31/h5-10,12-15,24-27,32,35-36H,11,16-21H2,1-4H3,(H,33,37)(H,34,38)/t24-,25-,26+,27+/m0/s1. The Kier molecular flexibility index (Phi) is 11.4. The van der Waals surface area contributed by atoms with Gasteiger partial charge >= 0.3 is 12.2 Å². The Morgan fingerprint density at radius 1 is 0.825 bits per heavy atom. The molecular formula is C31H45N3O6. The molecule has 2 aromatic carbocycles. The molecule has 3 rings (SSSR count). The number of aliphatic hydroxyl groups is 2. The molecule has 0 radical (unpaired) electrons. The van der Waals surface area contributed by atoms with Gasteiger partial charge in [0.25, 0.3) is 0 Å². The predicted octanol–water partition coefficient (Wildman–Crippen LogP) is 3.71. The van der Waals surface area contributed by atoms with Crippen LogP contribution in [0.15, 0.2) is 60.7 Å². The Morgan fingerprint density at radius 2 is 1.27 bits per heavy atom. The van der Waals surface area contributed by atoms with Crippen LogP contribution < -0.4 is 16.0 Å². The molecule has 9 heteroatoms. The van der Waals surface area contributed by atoms with Gasteiger partial charge in [0.1, 0.15) is 11.2 Å². The maximum Gasteiger partial charge on any atom is 0.407 e. The number of rotatable bonds is 13. The topological polar surface area (TPSA) is 129 Å². The lowest BCUT2D eigenvalue weighted by Gasteiger charge is -2.38. The zero-order valence-corrected chi connectivity index (χ0v) is 24.1. The summed E-state index contributed by atoms with van der Waals surface area (Å²) in [6.45, 7) is 7.46. The molecule has 2 amide bonds. The molecule has 40 heavy (non-hydrogen) atoms. The maximum atomic E-state index is 12.6. The zero-order valence-electron chi connectivity index (χ0n) is 24.1. The highest BCUT2D eigenvalue weighted by Gasteiger charge is 2.36. The van der Waals surface area contributed by atoms with Crippen LogP contribution in [0.2, 0.25) is 0 Å². The summed E-state index contributed by atoms with van der Waals surface area (Å²) in [5.74, 6) is 0. The van der Waals surface area contributed by atoms with Crippen molar-refractivity contribution in [2.75, 3.05) is 13.1 Å². The molecule has 9 nitrogen and oxygen atoms in total. The summed E-state index contributed by atoms with van der Waals surface area (Å²) >= 11 is 0. The lowest BCUT2D eigenvalue weighted by atomic mass is 9.82. The number of hydrogen-bond donors (Lipinski definition) is 5. The average molecular weight is 556 g/mol. The third kappa shape index (κ3) is 10.8. The van der Waals surface area contributed by atoms with Gasteiger partial charge in [-0.1, -0.05) is 60.7 Å². The van der Waals surface area contributed by atoms with Crippen molar-refractivity contribution >= 4 is 12.2 Å². The number of ether oxygens (including phenoxy) is 2. The van der Waals surface area contributed by atoms with Gasteiger partial charge in [-0.15, -0.1) is 0 Å². The molecule has 2 aromatic rings. The normalized spacial score (nSPS) is 17.4. The summed E-state index contributed by atoms with van der Waals surface area (Å²) in [6.07, 6.45) is 0.402. The molecule has 0 unspecified atom stereocenters. The molecule has 0 spiro atoms. The number of nitrogens with one attached hydrogen (secondary N) is 3. The molecule has 4 atom stereocenters. The first-order valence-corrected chi connectivity index (χ1v) is 14.1. The molecular weight excluding hydrogens is 510 g/mol.